The van der Waals surface area contributed by atoms with Crippen molar-refractivity contribution in [3.63, 3.8) is 0 Å². The van der Waals surface area contributed by atoms with E-state index in [0.29, 0.717) is 12.1 Å². The molecule has 1 spiro atoms. The molecule has 0 N–H and O–H groups in total. The summed E-state index contributed by atoms with van der Waals surface area (Å²) < 4.78 is 14.1. The minimum Gasteiger partial charge on any atom is -0.307 e. The van der Waals surface area contributed by atoms with E-state index in [0.717, 1.165) is 43.7 Å². The number of nitro benzene ring substituents is 1. The van der Waals surface area contributed by atoms with Crippen molar-refractivity contribution in [2.45, 2.75) is 18.3 Å². The third-order valence-electron chi connectivity index (χ3n) is 6.05. The second-order valence-corrected chi connectivity index (χ2v) is 7.73. The quantitative estimate of drug-likeness (QED) is 0.447. The van der Waals surface area contributed by atoms with Gasteiger partial charge in [-0.25, -0.2) is 4.39 Å². The van der Waals surface area contributed by atoms with E-state index in [1.807, 2.05) is 6.08 Å². The Kier molecular flexibility index (Phi) is 4.92. The number of benzene rings is 2. The third-order valence-corrected chi connectivity index (χ3v) is 6.05. The smallest absolute Gasteiger partial charge is 0.269 e. The van der Waals surface area contributed by atoms with Gasteiger partial charge in [0.1, 0.15) is 5.82 Å². The summed E-state index contributed by atoms with van der Waals surface area (Å²) in [6.45, 7) is 6.82. The summed E-state index contributed by atoms with van der Waals surface area (Å²) in [5.74, 6) is -0.528. The zero-order valence-corrected chi connectivity index (χ0v) is 16.0. The van der Waals surface area contributed by atoms with Gasteiger partial charge in [-0.2, -0.15) is 0 Å². The van der Waals surface area contributed by atoms with Gasteiger partial charge in [-0.15, -0.1) is 6.58 Å². The van der Waals surface area contributed by atoms with Crippen molar-refractivity contribution in [1.82, 2.24) is 4.90 Å². The van der Waals surface area contributed by atoms with E-state index in [9.17, 15) is 19.3 Å². The molecule has 1 fully saturated rings. The SMILES string of the molecule is C=CCN1CCC2(CC1)CN(C(=O)c1ccc([N+](=O)[O-])cc1)c1ccc(F)cc12. The monoisotopic (exact) mass is 395 g/mol. The average molecular weight is 395 g/mol. The summed E-state index contributed by atoms with van der Waals surface area (Å²) in [5, 5.41) is 10.9. The van der Waals surface area contributed by atoms with Gasteiger partial charge in [0.15, 0.2) is 0 Å². The summed E-state index contributed by atoms with van der Waals surface area (Å²) in [4.78, 5) is 27.6. The molecule has 2 aromatic rings. The molecule has 0 saturated carbocycles. The van der Waals surface area contributed by atoms with Crippen LogP contribution < -0.4 is 4.90 Å². The first kappa shape index (κ1) is 19.3. The van der Waals surface area contributed by atoms with Crippen LogP contribution in [0.3, 0.4) is 0 Å². The number of nitrogens with zero attached hydrogens (tertiary/aromatic N) is 3. The summed E-state index contributed by atoms with van der Waals surface area (Å²) in [6.07, 6.45) is 3.55. The third kappa shape index (κ3) is 3.42. The Labute approximate surface area is 168 Å². The molecule has 4 rings (SSSR count). The Hall–Kier alpha value is -3.06. The highest BCUT2D eigenvalue weighted by atomic mass is 19.1. The van der Waals surface area contributed by atoms with Gasteiger partial charge in [0.25, 0.3) is 11.6 Å². The second-order valence-electron chi connectivity index (χ2n) is 7.73. The van der Waals surface area contributed by atoms with Crippen LogP contribution in [0.2, 0.25) is 0 Å². The average Bonchev–Trinajstić information content (AvgIpc) is 3.03. The standard InChI is InChI=1S/C22H22FN3O3/c1-2-11-24-12-9-22(10-13-24)15-25(20-8-5-17(23)14-19(20)22)21(27)16-3-6-18(7-4-16)26(28)29/h2-8,14H,1,9-13,15H2. The molecule has 2 heterocycles. The van der Waals surface area contributed by atoms with Gasteiger partial charge < -0.3 is 4.90 Å². The van der Waals surface area contributed by atoms with Crippen molar-refractivity contribution in [3.8, 4) is 0 Å². The number of hydrogen-bond acceptors (Lipinski definition) is 4. The fourth-order valence-corrected chi connectivity index (χ4v) is 4.48. The van der Waals surface area contributed by atoms with Crippen molar-refractivity contribution < 1.29 is 14.1 Å². The molecule has 0 aromatic heterocycles. The van der Waals surface area contributed by atoms with E-state index in [-0.39, 0.29) is 22.8 Å². The number of amides is 1. The molecule has 6 nitrogen and oxygen atoms in total. The maximum Gasteiger partial charge on any atom is 0.269 e. The van der Waals surface area contributed by atoms with Gasteiger partial charge in [0.2, 0.25) is 0 Å². The Balaban J connectivity index is 1.65. The lowest BCUT2D eigenvalue weighted by Crippen LogP contribution is -2.46. The number of rotatable bonds is 4. The van der Waals surface area contributed by atoms with Crippen LogP contribution in [0.4, 0.5) is 15.8 Å². The summed E-state index contributed by atoms with van der Waals surface area (Å²) >= 11 is 0. The van der Waals surface area contributed by atoms with E-state index in [2.05, 4.69) is 11.5 Å². The van der Waals surface area contributed by atoms with E-state index in [1.54, 1.807) is 17.0 Å². The summed E-state index contributed by atoms with van der Waals surface area (Å²) in [6, 6.07) is 10.2. The van der Waals surface area contributed by atoms with Gasteiger partial charge in [-0.1, -0.05) is 6.08 Å². The van der Waals surface area contributed by atoms with Crippen LogP contribution in [0.1, 0.15) is 28.8 Å². The van der Waals surface area contributed by atoms with Gasteiger partial charge in [-0.05, 0) is 61.8 Å². The van der Waals surface area contributed by atoms with Gasteiger partial charge in [-0.3, -0.25) is 19.8 Å². The van der Waals surface area contributed by atoms with Gasteiger partial charge in [0.05, 0.1) is 4.92 Å². The van der Waals surface area contributed by atoms with Crippen molar-refractivity contribution in [1.29, 1.82) is 0 Å². The number of anilines is 1. The zero-order chi connectivity index (χ0) is 20.6. The predicted molar refractivity (Wildman–Crippen MR) is 109 cm³/mol. The molecular formula is C22H22FN3O3. The lowest BCUT2D eigenvalue weighted by Gasteiger charge is -2.39. The van der Waals surface area contributed by atoms with Crippen LogP contribution in [0.5, 0.6) is 0 Å². The Morgan fingerprint density at radius 3 is 2.52 bits per heavy atom. The minimum absolute atomic E-state index is 0.0588. The summed E-state index contributed by atoms with van der Waals surface area (Å²) in [7, 11) is 0. The van der Waals surface area contributed by atoms with E-state index < -0.39 is 4.92 Å². The van der Waals surface area contributed by atoms with Crippen molar-refractivity contribution in [2.75, 3.05) is 31.1 Å². The first-order valence-corrected chi connectivity index (χ1v) is 9.63. The molecule has 7 heteroatoms. The number of piperidine rings is 1. The van der Waals surface area contributed by atoms with E-state index in [1.165, 1.54) is 30.3 Å². The number of hydrogen-bond donors (Lipinski definition) is 0. The molecule has 2 aliphatic rings. The number of carbonyl (C=O) groups is 1. The molecule has 0 radical (unpaired) electrons. The topological polar surface area (TPSA) is 66.7 Å². The Morgan fingerprint density at radius 1 is 1.21 bits per heavy atom. The molecule has 150 valence electrons. The summed E-state index contributed by atoms with van der Waals surface area (Å²) in [5.41, 5.74) is 1.66. The molecule has 2 aromatic carbocycles. The molecule has 2 aliphatic heterocycles. The van der Waals surface area contributed by atoms with E-state index >= 15 is 0 Å². The van der Waals surface area contributed by atoms with Crippen LogP contribution >= 0.6 is 0 Å². The lowest BCUT2D eigenvalue weighted by atomic mass is 9.74. The largest absolute Gasteiger partial charge is 0.307 e. The number of halogens is 1. The molecule has 0 bridgehead atoms. The van der Waals surface area contributed by atoms with Crippen LogP contribution in [-0.4, -0.2) is 41.9 Å². The first-order chi connectivity index (χ1) is 13.9. The zero-order valence-electron chi connectivity index (χ0n) is 16.0. The number of likely N-dealkylation sites (tertiary alicyclic amines) is 1. The highest BCUT2D eigenvalue weighted by molar-refractivity contribution is 6.07. The molecule has 0 aliphatic carbocycles. The number of carbonyl (C=O) groups excluding carboxylic acids is 1. The number of nitro groups is 1. The van der Waals surface area contributed by atoms with E-state index in [4.69, 9.17) is 0 Å². The molecule has 1 amide bonds. The van der Waals surface area contributed by atoms with Gasteiger partial charge >= 0.3 is 0 Å². The molecular weight excluding hydrogens is 373 g/mol. The maximum absolute atomic E-state index is 14.1. The molecule has 0 atom stereocenters. The lowest BCUT2D eigenvalue weighted by molar-refractivity contribution is -0.384. The van der Waals surface area contributed by atoms with Gasteiger partial charge in [0, 0.05) is 41.9 Å². The maximum atomic E-state index is 14.1. The normalized spacial score (nSPS) is 17.9. The fourth-order valence-electron chi connectivity index (χ4n) is 4.48. The minimum atomic E-state index is -0.492. The van der Waals surface area contributed by atoms with Crippen molar-refractivity contribution >= 4 is 17.3 Å². The first-order valence-electron chi connectivity index (χ1n) is 9.63. The Bertz CT molecular complexity index is 966. The molecule has 0 unspecified atom stereocenters. The predicted octanol–water partition coefficient (Wildman–Crippen LogP) is 3.91. The van der Waals surface area contributed by atoms with Crippen LogP contribution in [0.15, 0.2) is 55.1 Å². The van der Waals surface area contributed by atoms with Crippen molar-refractivity contribution in [3.05, 3.63) is 82.2 Å². The second kappa shape index (κ2) is 7.40. The van der Waals surface area contributed by atoms with Crippen molar-refractivity contribution in [2.24, 2.45) is 0 Å². The number of non-ortho nitro benzene ring substituents is 1. The van der Waals surface area contributed by atoms with Crippen LogP contribution in [0, 0.1) is 15.9 Å². The number of fused-ring (bicyclic) bond motifs is 2. The highest BCUT2D eigenvalue weighted by Crippen LogP contribution is 2.47. The van der Waals surface area contributed by atoms with Crippen LogP contribution in [0.25, 0.3) is 0 Å². The van der Waals surface area contributed by atoms with Crippen LogP contribution in [-0.2, 0) is 5.41 Å². The Morgan fingerprint density at radius 2 is 1.90 bits per heavy atom. The fraction of sp³-hybridized carbons (Fsp3) is 0.318. The highest BCUT2D eigenvalue weighted by Gasteiger charge is 2.46. The molecule has 29 heavy (non-hydrogen) atoms. The molecule has 1 saturated heterocycles.